The van der Waals surface area contributed by atoms with E-state index in [-0.39, 0.29) is 0 Å². The molecule has 0 bridgehead atoms. The lowest BCUT2D eigenvalue weighted by Crippen LogP contribution is -2.18. The second-order valence-corrected chi connectivity index (χ2v) is 4.44. The van der Waals surface area contributed by atoms with Gasteiger partial charge in [0.25, 0.3) is 0 Å². The van der Waals surface area contributed by atoms with E-state index < -0.39 is 0 Å². The van der Waals surface area contributed by atoms with Gasteiger partial charge in [0.05, 0.1) is 0 Å². The van der Waals surface area contributed by atoms with E-state index in [9.17, 15) is 0 Å². The predicted molar refractivity (Wildman–Crippen MR) is 70.4 cm³/mol. The van der Waals surface area contributed by atoms with E-state index in [4.69, 9.17) is 0 Å². The van der Waals surface area contributed by atoms with Crippen molar-refractivity contribution in [3.63, 3.8) is 0 Å². The van der Waals surface area contributed by atoms with Crippen LogP contribution in [-0.4, -0.2) is 25.5 Å². The van der Waals surface area contributed by atoms with Crippen molar-refractivity contribution >= 4 is 0 Å². The molecule has 0 saturated heterocycles. The Morgan fingerprint density at radius 2 is 1.75 bits per heavy atom. The molecule has 0 aliphatic heterocycles. The molecule has 0 unspecified atom stereocenters. The number of nitrogens with zero attached hydrogens (tertiary/aromatic N) is 1. The zero-order chi connectivity index (χ0) is 11.8. The Labute approximate surface area is 99.7 Å². The van der Waals surface area contributed by atoms with Gasteiger partial charge in [0, 0.05) is 13.1 Å². The Morgan fingerprint density at radius 3 is 2.31 bits per heavy atom. The normalized spacial score (nSPS) is 11.0. The molecule has 2 heteroatoms. The van der Waals surface area contributed by atoms with Crippen LogP contribution in [0.4, 0.5) is 0 Å². The van der Waals surface area contributed by atoms with E-state index in [1.54, 1.807) is 0 Å². The van der Waals surface area contributed by atoms with E-state index in [0.717, 1.165) is 13.1 Å². The van der Waals surface area contributed by atoms with E-state index in [1.807, 2.05) is 7.05 Å². The minimum absolute atomic E-state index is 0.950. The number of rotatable bonds is 7. The number of benzene rings is 1. The van der Waals surface area contributed by atoms with E-state index >= 15 is 0 Å². The quantitative estimate of drug-likeness (QED) is 0.760. The van der Waals surface area contributed by atoms with Crippen molar-refractivity contribution in [3.05, 3.63) is 35.4 Å². The van der Waals surface area contributed by atoms with Gasteiger partial charge >= 0.3 is 0 Å². The minimum atomic E-state index is 0.950. The summed E-state index contributed by atoms with van der Waals surface area (Å²) in [6.07, 6.45) is 2.56. The highest BCUT2D eigenvalue weighted by atomic mass is 15.1. The van der Waals surface area contributed by atoms with Crippen LogP contribution in [0.2, 0.25) is 0 Å². The van der Waals surface area contributed by atoms with Gasteiger partial charge in [0.1, 0.15) is 0 Å². The summed E-state index contributed by atoms with van der Waals surface area (Å²) in [5.41, 5.74) is 2.75. The second kappa shape index (κ2) is 7.42. The molecule has 2 nitrogen and oxygen atoms in total. The fraction of sp³-hybridized carbons (Fsp3) is 0.571. The van der Waals surface area contributed by atoms with Crippen LogP contribution in [0.1, 0.15) is 30.9 Å². The molecule has 0 spiro atoms. The molecule has 90 valence electrons. The van der Waals surface area contributed by atoms with Crippen molar-refractivity contribution in [2.24, 2.45) is 0 Å². The summed E-state index contributed by atoms with van der Waals surface area (Å²) < 4.78 is 0. The van der Waals surface area contributed by atoms with Gasteiger partial charge in [-0.1, -0.05) is 37.6 Å². The molecular formula is C14H24N2. The lowest BCUT2D eigenvalue weighted by Gasteiger charge is -2.16. The Balaban J connectivity index is 2.41. The topological polar surface area (TPSA) is 15.3 Å². The highest BCUT2D eigenvalue weighted by Crippen LogP contribution is 2.07. The first-order valence-electron chi connectivity index (χ1n) is 6.17. The average molecular weight is 220 g/mol. The van der Waals surface area contributed by atoms with Gasteiger partial charge in [0.15, 0.2) is 0 Å². The van der Waals surface area contributed by atoms with Crippen molar-refractivity contribution in [1.29, 1.82) is 0 Å². The van der Waals surface area contributed by atoms with Gasteiger partial charge in [-0.3, -0.25) is 0 Å². The van der Waals surface area contributed by atoms with E-state index in [2.05, 4.69) is 48.5 Å². The summed E-state index contributed by atoms with van der Waals surface area (Å²) in [6, 6.07) is 8.88. The SMILES string of the molecule is CCCCN(C)Cc1ccc(CNC)cc1. The average Bonchev–Trinajstić information content (AvgIpc) is 2.29. The van der Waals surface area contributed by atoms with Gasteiger partial charge in [-0.15, -0.1) is 0 Å². The summed E-state index contributed by atoms with van der Waals surface area (Å²) >= 11 is 0. The van der Waals surface area contributed by atoms with Crippen LogP contribution in [0.3, 0.4) is 0 Å². The third-order valence-electron chi connectivity index (χ3n) is 2.75. The molecule has 1 rings (SSSR count). The lowest BCUT2D eigenvalue weighted by atomic mass is 10.1. The Kier molecular flexibility index (Phi) is 6.12. The third-order valence-corrected chi connectivity index (χ3v) is 2.75. The Morgan fingerprint density at radius 1 is 1.12 bits per heavy atom. The zero-order valence-electron chi connectivity index (χ0n) is 10.8. The molecule has 0 heterocycles. The number of unbranched alkanes of at least 4 members (excludes halogenated alkanes) is 1. The summed E-state index contributed by atoms with van der Waals surface area (Å²) in [6.45, 7) is 5.43. The van der Waals surface area contributed by atoms with Crippen molar-refractivity contribution in [1.82, 2.24) is 10.2 Å². The van der Waals surface area contributed by atoms with Crippen LogP contribution in [0.5, 0.6) is 0 Å². The first-order valence-corrected chi connectivity index (χ1v) is 6.17. The second-order valence-electron chi connectivity index (χ2n) is 4.44. The van der Waals surface area contributed by atoms with Gasteiger partial charge in [0.2, 0.25) is 0 Å². The molecule has 1 aromatic carbocycles. The van der Waals surface area contributed by atoms with Gasteiger partial charge < -0.3 is 10.2 Å². The molecule has 0 fully saturated rings. The fourth-order valence-electron chi connectivity index (χ4n) is 1.79. The van der Waals surface area contributed by atoms with Crippen molar-refractivity contribution in [2.45, 2.75) is 32.9 Å². The first-order chi connectivity index (χ1) is 7.76. The van der Waals surface area contributed by atoms with Crippen molar-refractivity contribution in [2.75, 3.05) is 20.6 Å². The standard InChI is InChI=1S/C14H24N2/c1-4-5-10-16(3)12-14-8-6-13(7-9-14)11-15-2/h6-9,15H,4-5,10-12H2,1-3H3. The molecule has 0 saturated carbocycles. The lowest BCUT2D eigenvalue weighted by molar-refractivity contribution is 0.321. The smallest absolute Gasteiger partial charge is 0.0230 e. The number of hydrogen-bond donors (Lipinski definition) is 1. The van der Waals surface area contributed by atoms with E-state index in [1.165, 1.54) is 30.5 Å². The number of nitrogens with one attached hydrogen (secondary N) is 1. The highest BCUT2D eigenvalue weighted by molar-refractivity contribution is 5.22. The molecule has 0 radical (unpaired) electrons. The molecule has 0 aromatic heterocycles. The summed E-state index contributed by atoms with van der Waals surface area (Å²) in [5, 5.41) is 3.16. The molecule has 0 aliphatic rings. The van der Waals surface area contributed by atoms with Gasteiger partial charge in [-0.2, -0.15) is 0 Å². The summed E-state index contributed by atoms with van der Waals surface area (Å²) in [5.74, 6) is 0. The first kappa shape index (κ1) is 13.2. The van der Waals surface area contributed by atoms with Gasteiger partial charge in [-0.25, -0.2) is 0 Å². The molecule has 0 atom stereocenters. The summed E-state index contributed by atoms with van der Waals surface area (Å²) in [4.78, 5) is 2.39. The van der Waals surface area contributed by atoms with Crippen LogP contribution in [-0.2, 0) is 13.1 Å². The highest BCUT2D eigenvalue weighted by Gasteiger charge is 1.99. The molecule has 16 heavy (non-hydrogen) atoms. The molecule has 1 aromatic rings. The Bertz CT molecular complexity index is 279. The largest absolute Gasteiger partial charge is 0.316 e. The third kappa shape index (κ3) is 4.77. The molecule has 0 amide bonds. The molecule has 1 N–H and O–H groups in total. The Hall–Kier alpha value is -0.860. The van der Waals surface area contributed by atoms with Crippen LogP contribution in [0.15, 0.2) is 24.3 Å². The maximum Gasteiger partial charge on any atom is 0.0230 e. The maximum absolute atomic E-state index is 3.16. The maximum atomic E-state index is 3.16. The molecule has 0 aliphatic carbocycles. The predicted octanol–water partition coefficient (Wildman–Crippen LogP) is 2.64. The zero-order valence-corrected chi connectivity index (χ0v) is 10.8. The monoisotopic (exact) mass is 220 g/mol. The fourth-order valence-corrected chi connectivity index (χ4v) is 1.79. The van der Waals surface area contributed by atoms with Crippen LogP contribution in [0, 0.1) is 0 Å². The minimum Gasteiger partial charge on any atom is -0.316 e. The van der Waals surface area contributed by atoms with Gasteiger partial charge in [-0.05, 0) is 38.2 Å². The van der Waals surface area contributed by atoms with Crippen LogP contribution < -0.4 is 5.32 Å². The van der Waals surface area contributed by atoms with E-state index in [0.29, 0.717) is 0 Å². The molecular weight excluding hydrogens is 196 g/mol. The van der Waals surface area contributed by atoms with Crippen molar-refractivity contribution in [3.8, 4) is 0 Å². The van der Waals surface area contributed by atoms with Crippen LogP contribution in [0.25, 0.3) is 0 Å². The van der Waals surface area contributed by atoms with Crippen LogP contribution >= 0.6 is 0 Å². The summed E-state index contributed by atoms with van der Waals surface area (Å²) in [7, 11) is 4.17. The van der Waals surface area contributed by atoms with Crippen molar-refractivity contribution < 1.29 is 0 Å². The number of hydrogen-bond acceptors (Lipinski definition) is 2.